The van der Waals surface area contributed by atoms with Gasteiger partial charge in [0.25, 0.3) is 5.91 Å². The molecule has 3 rings (SSSR count). The Morgan fingerprint density at radius 3 is 2.73 bits per heavy atom. The molecule has 0 spiro atoms. The first-order valence-corrected chi connectivity index (χ1v) is 8.57. The summed E-state index contributed by atoms with van der Waals surface area (Å²) in [4.78, 5) is 16.7. The quantitative estimate of drug-likeness (QED) is 0.869. The van der Waals surface area contributed by atoms with Gasteiger partial charge in [-0.1, -0.05) is 19.0 Å². The molecule has 118 valence electrons. The Morgan fingerprint density at radius 1 is 1.36 bits per heavy atom. The van der Waals surface area contributed by atoms with Crippen molar-refractivity contribution in [1.82, 2.24) is 15.0 Å². The number of amides is 1. The monoisotopic (exact) mass is 319 g/mol. The Bertz CT molecular complexity index is 613. The normalized spacial score (nSPS) is 16.4. The lowest BCUT2D eigenvalue weighted by atomic mass is 10.1. The Kier molecular flexibility index (Phi) is 4.59. The number of aromatic nitrogens is 1. The van der Waals surface area contributed by atoms with Gasteiger partial charge in [0.1, 0.15) is 0 Å². The summed E-state index contributed by atoms with van der Waals surface area (Å²) >= 11 is 1.72. The Morgan fingerprint density at radius 2 is 2.14 bits per heavy atom. The Hall–Kier alpha value is -1.66. The summed E-state index contributed by atoms with van der Waals surface area (Å²) in [7, 11) is 0. The molecule has 6 heteroatoms. The first-order chi connectivity index (χ1) is 10.6. The topological polar surface area (TPSA) is 49.6 Å². The molecule has 1 aliphatic rings. The van der Waals surface area contributed by atoms with Crippen molar-refractivity contribution in [2.45, 2.75) is 26.3 Å². The van der Waals surface area contributed by atoms with Crippen molar-refractivity contribution < 1.29 is 9.32 Å². The predicted molar refractivity (Wildman–Crippen MR) is 86.1 cm³/mol. The van der Waals surface area contributed by atoms with Gasteiger partial charge in [0, 0.05) is 38.8 Å². The average molecular weight is 319 g/mol. The highest BCUT2D eigenvalue weighted by Gasteiger charge is 2.25. The molecule has 22 heavy (non-hydrogen) atoms. The van der Waals surface area contributed by atoms with Crippen LogP contribution >= 0.6 is 11.3 Å². The second kappa shape index (κ2) is 6.62. The molecule has 3 heterocycles. The molecule has 5 nitrogen and oxygen atoms in total. The van der Waals surface area contributed by atoms with Crippen LogP contribution in [0.2, 0.25) is 0 Å². The van der Waals surface area contributed by atoms with Crippen molar-refractivity contribution in [3.05, 3.63) is 39.9 Å². The van der Waals surface area contributed by atoms with Crippen LogP contribution in [0, 0.1) is 0 Å². The molecule has 0 bridgehead atoms. The molecule has 1 amide bonds. The van der Waals surface area contributed by atoms with Crippen molar-refractivity contribution in [2.75, 3.05) is 26.2 Å². The summed E-state index contributed by atoms with van der Waals surface area (Å²) in [5.41, 5.74) is 2.18. The number of hydrogen-bond acceptors (Lipinski definition) is 5. The van der Waals surface area contributed by atoms with E-state index in [1.807, 2.05) is 18.7 Å². The SMILES string of the molecule is CC(C)c1cc(C(=O)N2CCN(Cc3ccsc3)CC2)on1. The van der Waals surface area contributed by atoms with Gasteiger partial charge in [-0.3, -0.25) is 9.69 Å². The van der Waals surface area contributed by atoms with Crippen LogP contribution in [-0.2, 0) is 6.54 Å². The predicted octanol–water partition coefficient (Wildman–Crippen LogP) is 2.82. The van der Waals surface area contributed by atoms with Gasteiger partial charge in [0.05, 0.1) is 5.69 Å². The fraction of sp³-hybridized carbons (Fsp3) is 0.500. The molecule has 2 aromatic rings. The van der Waals surface area contributed by atoms with E-state index in [1.54, 1.807) is 17.4 Å². The lowest BCUT2D eigenvalue weighted by molar-refractivity contribution is 0.0588. The van der Waals surface area contributed by atoms with Gasteiger partial charge in [-0.25, -0.2) is 0 Å². The van der Waals surface area contributed by atoms with E-state index in [0.29, 0.717) is 5.76 Å². The zero-order valence-electron chi connectivity index (χ0n) is 13.0. The molecule has 1 aliphatic heterocycles. The smallest absolute Gasteiger partial charge is 0.292 e. The van der Waals surface area contributed by atoms with Crippen LogP contribution in [0.4, 0.5) is 0 Å². The summed E-state index contributed by atoms with van der Waals surface area (Å²) < 4.78 is 5.20. The first-order valence-electron chi connectivity index (χ1n) is 7.63. The van der Waals surface area contributed by atoms with Crippen LogP contribution in [0.1, 0.15) is 41.6 Å². The molecule has 0 radical (unpaired) electrons. The minimum atomic E-state index is -0.0467. The van der Waals surface area contributed by atoms with Gasteiger partial charge in [-0.15, -0.1) is 0 Å². The number of thiophene rings is 1. The van der Waals surface area contributed by atoms with Crippen LogP contribution in [0.3, 0.4) is 0 Å². The third-order valence-electron chi connectivity index (χ3n) is 3.98. The molecule has 2 aromatic heterocycles. The van der Waals surface area contributed by atoms with E-state index in [-0.39, 0.29) is 11.8 Å². The maximum atomic E-state index is 12.4. The van der Waals surface area contributed by atoms with Crippen molar-refractivity contribution in [2.24, 2.45) is 0 Å². The molecule has 0 aliphatic carbocycles. The number of carbonyl (C=O) groups excluding carboxylic acids is 1. The Balaban J connectivity index is 1.55. The minimum Gasteiger partial charge on any atom is -0.351 e. The Labute approximate surface area is 134 Å². The van der Waals surface area contributed by atoms with Gasteiger partial charge in [-0.05, 0) is 28.3 Å². The van der Waals surface area contributed by atoms with Gasteiger partial charge in [-0.2, -0.15) is 11.3 Å². The van der Waals surface area contributed by atoms with Gasteiger partial charge in [0.15, 0.2) is 0 Å². The van der Waals surface area contributed by atoms with Crippen LogP contribution in [0.15, 0.2) is 27.4 Å². The highest BCUT2D eigenvalue weighted by Crippen LogP contribution is 2.17. The van der Waals surface area contributed by atoms with E-state index >= 15 is 0 Å². The van der Waals surface area contributed by atoms with Crippen LogP contribution in [0.5, 0.6) is 0 Å². The standard InChI is InChI=1S/C16H21N3O2S/c1-12(2)14-9-15(21-17-14)16(20)19-6-4-18(5-7-19)10-13-3-8-22-11-13/h3,8-9,11-12H,4-7,10H2,1-2H3. The fourth-order valence-corrected chi connectivity index (χ4v) is 3.23. The molecule has 1 fully saturated rings. The summed E-state index contributed by atoms with van der Waals surface area (Å²) in [6.07, 6.45) is 0. The minimum absolute atomic E-state index is 0.0467. The van der Waals surface area contributed by atoms with E-state index in [4.69, 9.17) is 4.52 Å². The number of hydrogen-bond donors (Lipinski definition) is 0. The molecular weight excluding hydrogens is 298 g/mol. The largest absolute Gasteiger partial charge is 0.351 e. The van der Waals surface area contributed by atoms with E-state index in [9.17, 15) is 4.79 Å². The van der Waals surface area contributed by atoms with Crippen molar-refractivity contribution in [3.8, 4) is 0 Å². The van der Waals surface area contributed by atoms with Crippen LogP contribution < -0.4 is 0 Å². The highest BCUT2D eigenvalue weighted by atomic mass is 32.1. The number of piperazine rings is 1. The van der Waals surface area contributed by atoms with E-state index in [2.05, 4.69) is 26.9 Å². The van der Waals surface area contributed by atoms with Gasteiger partial charge in [0.2, 0.25) is 5.76 Å². The molecule has 1 saturated heterocycles. The van der Waals surface area contributed by atoms with Gasteiger partial charge >= 0.3 is 0 Å². The molecule has 0 aromatic carbocycles. The first kappa shape index (κ1) is 15.2. The van der Waals surface area contributed by atoms with Crippen molar-refractivity contribution in [3.63, 3.8) is 0 Å². The third-order valence-corrected chi connectivity index (χ3v) is 4.71. The van der Waals surface area contributed by atoms with E-state index in [1.165, 1.54) is 5.56 Å². The number of rotatable bonds is 4. The second-order valence-corrected chi connectivity index (χ2v) is 6.75. The molecule has 0 N–H and O–H groups in total. The lowest BCUT2D eigenvalue weighted by Crippen LogP contribution is -2.48. The molecule has 0 unspecified atom stereocenters. The highest BCUT2D eigenvalue weighted by molar-refractivity contribution is 7.07. The number of nitrogens with zero attached hydrogens (tertiary/aromatic N) is 3. The molecule has 0 saturated carbocycles. The summed E-state index contributed by atoms with van der Waals surface area (Å²) in [6, 6.07) is 3.93. The maximum Gasteiger partial charge on any atom is 0.292 e. The summed E-state index contributed by atoms with van der Waals surface area (Å²) in [5.74, 6) is 0.581. The summed E-state index contributed by atoms with van der Waals surface area (Å²) in [6.45, 7) is 8.30. The molecule has 0 atom stereocenters. The van der Waals surface area contributed by atoms with Crippen molar-refractivity contribution in [1.29, 1.82) is 0 Å². The van der Waals surface area contributed by atoms with E-state index < -0.39 is 0 Å². The fourth-order valence-electron chi connectivity index (χ4n) is 2.57. The average Bonchev–Trinajstić information content (AvgIpc) is 3.18. The van der Waals surface area contributed by atoms with Crippen molar-refractivity contribution >= 4 is 17.2 Å². The van der Waals surface area contributed by atoms with Gasteiger partial charge < -0.3 is 9.42 Å². The third kappa shape index (κ3) is 3.39. The van der Waals surface area contributed by atoms with Crippen LogP contribution in [-0.4, -0.2) is 47.0 Å². The van der Waals surface area contributed by atoms with Crippen LogP contribution in [0.25, 0.3) is 0 Å². The zero-order chi connectivity index (χ0) is 15.5. The summed E-state index contributed by atoms with van der Waals surface area (Å²) in [5, 5.41) is 8.25. The maximum absolute atomic E-state index is 12.4. The lowest BCUT2D eigenvalue weighted by Gasteiger charge is -2.34. The van der Waals surface area contributed by atoms with E-state index in [0.717, 1.165) is 38.4 Å². The number of carbonyl (C=O) groups is 1. The second-order valence-electron chi connectivity index (χ2n) is 5.97. The molecular formula is C16H21N3O2S. The zero-order valence-corrected chi connectivity index (χ0v) is 13.8.